The van der Waals surface area contributed by atoms with E-state index in [1.165, 1.54) is 18.5 Å². The van der Waals surface area contributed by atoms with Crippen LogP contribution in [0.4, 0.5) is 19.1 Å². The summed E-state index contributed by atoms with van der Waals surface area (Å²) < 4.78 is 43.1. The summed E-state index contributed by atoms with van der Waals surface area (Å²) in [6, 6.07) is 2.02. The van der Waals surface area contributed by atoms with Gasteiger partial charge in [0.1, 0.15) is 5.75 Å². The molecule has 0 aliphatic rings. The van der Waals surface area contributed by atoms with Crippen molar-refractivity contribution in [1.29, 1.82) is 0 Å². The third-order valence-electron chi connectivity index (χ3n) is 2.02. The van der Waals surface area contributed by atoms with E-state index in [1.54, 1.807) is 0 Å². The highest BCUT2D eigenvalue weighted by atomic mass is 35.5. The summed E-state index contributed by atoms with van der Waals surface area (Å²) >= 11 is 5.69. The zero-order valence-corrected chi connectivity index (χ0v) is 10.4. The van der Waals surface area contributed by atoms with E-state index < -0.39 is 17.8 Å². The number of rotatable bonds is 3. The molecule has 10 heteroatoms. The van der Waals surface area contributed by atoms with Gasteiger partial charge >= 0.3 is 6.18 Å². The van der Waals surface area contributed by atoms with E-state index in [0.717, 1.165) is 0 Å². The predicted molar refractivity (Wildman–Crippen MR) is 64.2 cm³/mol. The van der Waals surface area contributed by atoms with Gasteiger partial charge in [-0.1, -0.05) is 11.6 Å². The average molecular weight is 306 g/mol. The Labute approximate surface area is 115 Å². The zero-order chi connectivity index (χ0) is 14.8. The predicted octanol–water partition coefficient (Wildman–Crippen LogP) is 2.62. The number of pyridine rings is 1. The number of nitrogens with one attached hydrogen (secondary N) is 1. The van der Waals surface area contributed by atoms with Crippen molar-refractivity contribution < 1.29 is 17.9 Å². The lowest BCUT2D eigenvalue weighted by Gasteiger charge is -2.10. The highest BCUT2D eigenvalue weighted by molar-refractivity contribution is 6.30. The van der Waals surface area contributed by atoms with E-state index in [1.807, 2.05) is 5.43 Å². The topological polar surface area (TPSA) is 86.0 Å². The molecule has 2 heterocycles. The molecule has 0 aliphatic carbocycles. The van der Waals surface area contributed by atoms with Crippen LogP contribution in [0, 0.1) is 0 Å². The first-order chi connectivity index (χ1) is 9.38. The van der Waals surface area contributed by atoms with Crippen molar-refractivity contribution in [2.75, 3.05) is 5.43 Å². The van der Waals surface area contributed by atoms with Crippen molar-refractivity contribution in [2.45, 2.75) is 6.18 Å². The zero-order valence-electron chi connectivity index (χ0n) is 9.65. The summed E-state index contributed by atoms with van der Waals surface area (Å²) in [6.07, 6.45) is -2.03. The van der Waals surface area contributed by atoms with Crippen LogP contribution in [0.15, 0.2) is 24.5 Å². The summed E-state index contributed by atoms with van der Waals surface area (Å²) in [7, 11) is 0. The van der Waals surface area contributed by atoms with Gasteiger partial charge in [-0.05, 0) is 0 Å². The molecule has 0 unspecified atom stereocenters. The molecule has 3 N–H and O–H groups in total. The van der Waals surface area contributed by atoms with Gasteiger partial charge in [-0.25, -0.2) is 10.8 Å². The maximum atomic E-state index is 12.6. The first kappa shape index (κ1) is 14.3. The molecular formula is C10H7ClF3N5O. The van der Waals surface area contributed by atoms with Crippen molar-refractivity contribution in [3.8, 4) is 11.6 Å². The monoisotopic (exact) mass is 305 g/mol. The first-order valence-electron chi connectivity index (χ1n) is 5.10. The van der Waals surface area contributed by atoms with Crippen molar-refractivity contribution in [2.24, 2.45) is 5.84 Å². The van der Waals surface area contributed by atoms with Crippen molar-refractivity contribution in [3.63, 3.8) is 0 Å². The lowest BCUT2D eigenvalue weighted by molar-refractivity contribution is -0.141. The second-order valence-corrected chi connectivity index (χ2v) is 3.93. The van der Waals surface area contributed by atoms with Gasteiger partial charge in [-0.15, -0.1) is 0 Å². The van der Waals surface area contributed by atoms with Crippen LogP contribution < -0.4 is 16.0 Å². The molecule has 106 valence electrons. The summed E-state index contributed by atoms with van der Waals surface area (Å²) in [5.41, 5.74) is 0.744. The van der Waals surface area contributed by atoms with E-state index in [2.05, 4.69) is 15.0 Å². The van der Waals surface area contributed by atoms with E-state index >= 15 is 0 Å². The summed E-state index contributed by atoms with van der Waals surface area (Å²) in [5.74, 6) is 4.38. The smallest absolute Gasteiger partial charge is 0.433 e. The molecule has 0 saturated carbocycles. The largest absolute Gasteiger partial charge is 0.437 e. The molecule has 0 amide bonds. The number of hydrogen-bond acceptors (Lipinski definition) is 6. The number of alkyl halides is 3. The molecular weight excluding hydrogens is 299 g/mol. The number of hydrogen-bond donors (Lipinski definition) is 2. The van der Waals surface area contributed by atoms with Crippen molar-refractivity contribution >= 4 is 17.5 Å². The van der Waals surface area contributed by atoms with E-state index in [0.29, 0.717) is 6.07 Å². The minimum Gasteiger partial charge on any atom is -0.437 e. The van der Waals surface area contributed by atoms with E-state index in [4.69, 9.17) is 22.2 Å². The average Bonchev–Trinajstić information content (AvgIpc) is 2.37. The van der Waals surface area contributed by atoms with Crippen LogP contribution >= 0.6 is 11.6 Å². The van der Waals surface area contributed by atoms with Crippen molar-refractivity contribution in [1.82, 2.24) is 15.0 Å². The van der Waals surface area contributed by atoms with Gasteiger partial charge < -0.3 is 4.74 Å². The molecule has 0 radical (unpaired) electrons. The van der Waals surface area contributed by atoms with Crippen LogP contribution in [0.2, 0.25) is 5.02 Å². The number of halogens is 4. The second-order valence-electron chi connectivity index (χ2n) is 3.50. The highest BCUT2D eigenvalue weighted by Crippen LogP contribution is 2.31. The molecule has 6 nitrogen and oxygen atoms in total. The Bertz CT molecular complexity index is 622. The number of aromatic nitrogens is 3. The fraction of sp³-hybridized carbons (Fsp3) is 0.100. The normalized spacial score (nSPS) is 11.2. The lowest BCUT2D eigenvalue weighted by Crippen LogP contribution is -2.15. The van der Waals surface area contributed by atoms with Gasteiger partial charge in [0.25, 0.3) is 0 Å². The van der Waals surface area contributed by atoms with E-state index in [-0.39, 0.29) is 16.7 Å². The first-order valence-corrected chi connectivity index (χ1v) is 5.47. The van der Waals surface area contributed by atoms with Crippen LogP contribution in [-0.4, -0.2) is 15.0 Å². The third kappa shape index (κ3) is 3.45. The van der Waals surface area contributed by atoms with Crippen LogP contribution in [0.1, 0.15) is 5.69 Å². The fourth-order valence-corrected chi connectivity index (χ4v) is 1.42. The molecule has 0 saturated heterocycles. The van der Waals surface area contributed by atoms with E-state index in [9.17, 15) is 13.2 Å². The van der Waals surface area contributed by atoms with Crippen LogP contribution in [-0.2, 0) is 6.18 Å². The Morgan fingerprint density at radius 3 is 2.55 bits per heavy atom. The molecule has 0 aromatic carbocycles. The van der Waals surface area contributed by atoms with Gasteiger partial charge in [0.15, 0.2) is 5.69 Å². The quantitative estimate of drug-likeness (QED) is 0.669. The Morgan fingerprint density at radius 1 is 1.20 bits per heavy atom. The molecule has 0 fully saturated rings. The third-order valence-corrected chi connectivity index (χ3v) is 2.23. The maximum Gasteiger partial charge on any atom is 0.433 e. The summed E-state index contributed by atoms with van der Waals surface area (Å²) in [6.45, 7) is 0. The Hall–Kier alpha value is -2.13. The second kappa shape index (κ2) is 5.47. The number of hydrazine groups is 1. The lowest BCUT2D eigenvalue weighted by atomic mass is 10.4. The minimum absolute atomic E-state index is 0.132. The SMILES string of the molecule is NNc1nc(Oc2cncc(Cl)c2)cc(C(F)(F)F)n1. The number of nitrogens with two attached hydrogens (primary N) is 1. The molecule has 0 aliphatic heterocycles. The van der Waals surface area contributed by atoms with Gasteiger partial charge in [0.2, 0.25) is 11.8 Å². The number of nitrogen functional groups attached to an aromatic ring is 1. The summed E-state index contributed by atoms with van der Waals surface area (Å²) in [4.78, 5) is 10.6. The van der Waals surface area contributed by atoms with Crippen molar-refractivity contribution in [3.05, 3.63) is 35.2 Å². The summed E-state index contributed by atoms with van der Waals surface area (Å²) in [5, 5.41) is 0.268. The van der Waals surface area contributed by atoms with Gasteiger partial charge in [-0.2, -0.15) is 18.2 Å². The van der Waals surface area contributed by atoms with Gasteiger partial charge in [0, 0.05) is 18.3 Å². The van der Waals surface area contributed by atoms with Gasteiger partial charge in [-0.3, -0.25) is 10.4 Å². The number of ether oxygens (including phenoxy) is 1. The van der Waals surface area contributed by atoms with Gasteiger partial charge in [0.05, 0.1) is 11.2 Å². The Kier molecular flexibility index (Phi) is 3.91. The minimum atomic E-state index is -4.65. The van der Waals surface area contributed by atoms with Crippen LogP contribution in [0.25, 0.3) is 0 Å². The standard InChI is InChI=1S/C10H7ClF3N5O/c11-5-1-6(4-16-3-5)20-8-2-7(10(12,13)14)17-9(18-8)19-15/h1-4H,15H2,(H,17,18,19). The maximum absolute atomic E-state index is 12.6. The molecule has 2 aromatic heterocycles. The molecule has 0 spiro atoms. The number of anilines is 1. The number of nitrogens with zero attached hydrogens (tertiary/aromatic N) is 3. The molecule has 2 aromatic rings. The Balaban J connectivity index is 2.36. The van der Waals surface area contributed by atoms with Crippen LogP contribution in [0.3, 0.4) is 0 Å². The fourth-order valence-electron chi connectivity index (χ4n) is 1.26. The molecule has 20 heavy (non-hydrogen) atoms. The molecule has 2 rings (SSSR count). The molecule has 0 atom stereocenters. The van der Waals surface area contributed by atoms with Crippen LogP contribution in [0.5, 0.6) is 11.6 Å². The molecule has 0 bridgehead atoms. The Morgan fingerprint density at radius 2 is 1.95 bits per heavy atom. The highest BCUT2D eigenvalue weighted by Gasteiger charge is 2.34.